The number of pyridine rings is 1. The Balaban J connectivity index is 1.71. The molecule has 0 saturated heterocycles. The van der Waals surface area contributed by atoms with Gasteiger partial charge < -0.3 is 9.88 Å². The van der Waals surface area contributed by atoms with E-state index in [1.807, 2.05) is 29.8 Å². The van der Waals surface area contributed by atoms with E-state index in [2.05, 4.69) is 15.3 Å². The van der Waals surface area contributed by atoms with E-state index in [0.29, 0.717) is 0 Å². The number of benzene rings is 2. The van der Waals surface area contributed by atoms with Crippen LogP contribution >= 0.6 is 11.6 Å². The number of hydrogen-bond donors (Lipinski definition) is 1. The van der Waals surface area contributed by atoms with Crippen molar-refractivity contribution in [2.75, 3.05) is 5.32 Å². The number of nitrogens with one attached hydrogen (secondary N) is 1. The van der Waals surface area contributed by atoms with Gasteiger partial charge in [0, 0.05) is 34.8 Å². The highest BCUT2D eigenvalue weighted by Crippen LogP contribution is 2.25. The van der Waals surface area contributed by atoms with Gasteiger partial charge in [-0.15, -0.1) is 0 Å². The van der Waals surface area contributed by atoms with Crippen molar-refractivity contribution < 1.29 is 10.3 Å². The predicted molar refractivity (Wildman–Crippen MR) is 103 cm³/mol. The predicted octanol–water partition coefficient (Wildman–Crippen LogP) is 4.54. The SMILES string of the molecule is [2H]c1c([2H])c(C(=O)Nc2cc3cc(-c4cncn4C)ccc3cn2)c([2H])c([2H])c1Cl. The van der Waals surface area contributed by atoms with Crippen LogP contribution in [0.25, 0.3) is 22.0 Å². The molecule has 0 aliphatic rings. The first-order valence-corrected chi connectivity index (χ1v) is 8.09. The number of hydrogen-bond acceptors (Lipinski definition) is 3. The molecule has 0 fully saturated rings. The Hall–Kier alpha value is -3.18. The minimum Gasteiger partial charge on any atom is -0.334 e. The standard InChI is InChI=1S/C20H15ClN4O/c1-25-12-22-11-18(25)14-2-3-15-10-23-19(9-16(15)8-14)24-20(26)13-4-6-17(21)7-5-13/h2-12H,1H3,(H,23,24,26)/i4D,5D,6D,7D. The van der Waals surface area contributed by atoms with E-state index in [-0.39, 0.29) is 16.4 Å². The largest absolute Gasteiger partial charge is 0.334 e. The van der Waals surface area contributed by atoms with Crippen molar-refractivity contribution >= 4 is 34.1 Å². The summed E-state index contributed by atoms with van der Waals surface area (Å²) in [5, 5.41) is 3.93. The summed E-state index contributed by atoms with van der Waals surface area (Å²) in [5.41, 5.74) is 1.49. The van der Waals surface area contributed by atoms with E-state index in [4.69, 9.17) is 17.1 Å². The highest BCUT2D eigenvalue weighted by molar-refractivity contribution is 6.30. The van der Waals surface area contributed by atoms with Crippen LogP contribution in [-0.4, -0.2) is 20.4 Å². The van der Waals surface area contributed by atoms with Crippen molar-refractivity contribution in [1.82, 2.24) is 14.5 Å². The molecule has 0 saturated carbocycles. The molecule has 4 aromatic rings. The minimum atomic E-state index is -0.793. The third kappa shape index (κ3) is 3.17. The Kier molecular flexibility index (Phi) is 3.11. The molecule has 5 nitrogen and oxygen atoms in total. The molecule has 0 aliphatic heterocycles. The normalized spacial score (nSPS) is 13.0. The van der Waals surface area contributed by atoms with E-state index < -0.39 is 30.1 Å². The van der Waals surface area contributed by atoms with Gasteiger partial charge in [0.2, 0.25) is 0 Å². The molecule has 2 aromatic carbocycles. The second-order valence-corrected chi connectivity index (χ2v) is 6.04. The van der Waals surface area contributed by atoms with Gasteiger partial charge in [-0.3, -0.25) is 4.79 Å². The van der Waals surface area contributed by atoms with Gasteiger partial charge in [0.05, 0.1) is 23.7 Å². The van der Waals surface area contributed by atoms with Crippen molar-refractivity contribution in [3.63, 3.8) is 0 Å². The second kappa shape index (κ2) is 6.61. The molecule has 26 heavy (non-hydrogen) atoms. The fourth-order valence-corrected chi connectivity index (χ4v) is 2.69. The molecule has 2 aromatic heterocycles. The summed E-state index contributed by atoms with van der Waals surface area (Å²) in [5.74, 6) is -0.570. The van der Waals surface area contributed by atoms with Gasteiger partial charge in [0.15, 0.2) is 0 Å². The summed E-state index contributed by atoms with van der Waals surface area (Å²) in [6, 6.07) is 5.57. The molecule has 0 bridgehead atoms. The third-order valence-electron chi connectivity index (χ3n) is 3.90. The number of nitrogens with zero attached hydrogens (tertiary/aromatic N) is 3. The number of carbonyl (C=O) groups is 1. The topological polar surface area (TPSA) is 59.8 Å². The van der Waals surface area contributed by atoms with Crippen molar-refractivity contribution in [2.45, 2.75) is 0 Å². The number of carbonyl (C=O) groups excluding carboxylic acids is 1. The molecular weight excluding hydrogens is 348 g/mol. The maximum Gasteiger partial charge on any atom is 0.256 e. The van der Waals surface area contributed by atoms with Crippen LogP contribution in [0.2, 0.25) is 5.02 Å². The van der Waals surface area contributed by atoms with E-state index in [1.54, 1.807) is 24.8 Å². The van der Waals surface area contributed by atoms with Crippen LogP contribution in [0.4, 0.5) is 5.82 Å². The van der Waals surface area contributed by atoms with Gasteiger partial charge in [0.1, 0.15) is 5.82 Å². The van der Waals surface area contributed by atoms with Gasteiger partial charge in [-0.25, -0.2) is 9.97 Å². The quantitative estimate of drug-likeness (QED) is 0.579. The zero-order valence-electron chi connectivity index (χ0n) is 17.7. The zero-order valence-corrected chi connectivity index (χ0v) is 14.4. The van der Waals surface area contributed by atoms with Gasteiger partial charge in [-0.1, -0.05) is 23.7 Å². The lowest BCUT2D eigenvalue weighted by Crippen LogP contribution is -2.12. The molecule has 0 unspecified atom stereocenters. The molecule has 4 rings (SSSR count). The van der Waals surface area contributed by atoms with Crippen LogP contribution in [0, 0.1) is 0 Å². The zero-order chi connectivity index (χ0) is 21.6. The summed E-state index contributed by atoms with van der Waals surface area (Å²) in [4.78, 5) is 21.0. The van der Waals surface area contributed by atoms with E-state index in [9.17, 15) is 4.79 Å². The van der Waals surface area contributed by atoms with Crippen LogP contribution in [0.3, 0.4) is 0 Å². The highest BCUT2D eigenvalue weighted by Gasteiger charge is 2.09. The van der Waals surface area contributed by atoms with E-state index >= 15 is 0 Å². The van der Waals surface area contributed by atoms with Crippen LogP contribution in [-0.2, 0) is 7.05 Å². The Morgan fingerprint density at radius 1 is 1.15 bits per heavy atom. The van der Waals surface area contributed by atoms with Gasteiger partial charge >= 0.3 is 0 Å². The van der Waals surface area contributed by atoms with Gasteiger partial charge in [-0.2, -0.15) is 0 Å². The number of fused-ring (bicyclic) bond motifs is 1. The number of halogens is 1. The smallest absolute Gasteiger partial charge is 0.256 e. The summed E-state index contributed by atoms with van der Waals surface area (Å²) in [6.07, 6.45) is 5.07. The summed E-state index contributed by atoms with van der Waals surface area (Å²) in [6.45, 7) is 0. The number of imidazole rings is 1. The fraction of sp³-hybridized carbons (Fsp3) is 0.0500. The second-order valence-electron chi connectivity index (χ2n) is 5.66. The van der Waals surface area contributed by atoms with Crippen molar-refractivity contribution in [1.29, 1.82) is 0 Å². The monoisotopic (exact) mass is 366 g/mol. The minimum absolute atomic E-state index is 0.224. The molecule has 2 heterocycles. The van der Waals surface area contributed by atoms with Gasteiger partial charge in [-0.05, 0) is 41.7 Å². The molecule has 0 radical (unpaired) electrons. The number of rotatable bonds is 3. The Morgan fingerprint density at radius 2 is 1.96 bits per heavy atom. The number of amides is 1. The molecule has 6 heteroatoms. The lowest BCUT2D eigenvalue weighted by molar-refractivity contribution is 0.102. The summed E-state index contributed by atoms with van der Waals surface area (Å²) >= 11 is 5.79. The molecular formula is C20H15ClN4O. The van der Waals surface area contributed by atoms with Crippen LogP contribution < -0.4 is 5.32 Å². The van der Waals surface area contributed by atoms with Crippen molar-refractivity contribution in [3.8, 4) is 11.3 Å². The lowest BCUT2D eigenvalue weighted by Gasteiger charge is -2.08. The number of aryl methyl sites for hydroxylation is 1. The maximum atomic E-state index is 12.7. The average Bonchev–Trinajstić information content (AvgIpc) is 3.16. The van der Waals surface area contributed by atoms with Gasteiger partial charge in [0.25, 0.3) is 5.91 Å². The molecule has 0 aliphatic carbocycles. The average molecular weight is 367 g/mol. The molecule has 1 N–H and O–H groups in total. The molecule has 0 atom stereocenters. The van der Waals surface area contributed by atoms with Crippen LogP contribution in [0.15, 0.2) is 67.2 Å². The Morgan fingerprint density at radius 3 is 2.69 bits per heavy atom. The maximum absolute atomic E-state index is 12.7. The molecule has 0 spiro atoms. The first kappa shape index (κ1) is 12.2. The summed E-state index contributed by atoms with van der Waals surface area (Å²) in [7, 11) is 1.90. The fourth-order valence-electron chi connectivity index (χ4n) is 2.59. The molecule has 128 valence electrons. The number of aromatic nitrogens is 3. The van der Waals surface area contributed by atoms with Crippen LogP contribution in [0.5, 0.6) is 0 Å². The number of anilines is 1. The Labute approximate surface area is 160 Å². The van der Waals surface area contributed by atoms with E-state index in [1.165, 1.54) is 0 Å². The third-order valence-corrected chi connectivity index (χ3v) is 4.09. The first-order valence-electron chi connectivity index (χ1n) is 9.71. The van der Waals surface area contributed by atoms with Crippen LogP contribution in [0.1, 0.15) is 15.8 Å². The summed E-state index contributed by atoms with van der Waals surface area (Å²) < 4.78 is 33.4. The van der Waals surface area contributed by atoms with Crippen molar-refractivity contribution in [2.24, 2.45) is 7.05 Å². The Bertz CT molecular complexity index is 1290. The van der Waals surface area contributed by atoms with E-state index in [0.717, 1.165) is 22.0 Å². The lowest BCUT2D eigenvalue weighted by atomic mass is 10.1. The first-order chi connectivity index (χ1) is 14.3. The highest BCUT2D eigenvalue weighted by atomic mass is 35.5. The molecule has 1 amide bonds. The van der Waals surface area contributed by atoms with Crippen molar-refractivity contribution in [3.05, 3.63) is 77.7 Å².